The lowest BCUT2D eigenvalue weighted by molar-refractivity contribution is 0.281. The van der Waals surface area contributed by atoms with Crippen molar-refractivity contribution in [2.24, 2.45) is 0 Å². The summed E-state index contributed by atoms with van der Waals surface area (Å²) in [6.45, 7) is 3.36. The van der Waals surface area contributed by atoms with Crippen LogP contribution in [0.15, 0.2) is 6.20 Å². The zero-order chi connectivity index (χ0) is 11.9. The maximum absolute atomic E-state index is 8.70. The first-order chi connectivity index (χ1) is 8.40. The van der Waals surface area contributed by atoms with Gasteiger partial charge in [-0.2, -0.15) is 0 Å². The van der Waals surface area contributed by atoms with Crippen molar-refractivity contribution >= 4 is 0 Å². The van der Waals surface area contributed by atoms with Crippen molar-refractivity contribution in [3.63, 3.8) is 0 Å². The van der Waals surface area contributed by atoms with Crippen molar-refractivity contribution in [3.05, 3.63) is 11.9 Å². The Morgan fingerprint density at radius 2 is 2.35 bits per heavy atom. The summed E-state index contributed by atoms with van der Waals surface area (Å²) in [5.41, 5.74) is 1.12. The Hall–Kier alpha value is -0.940. The molecule has 96 valence electrons. The number of hydrogen-bond acceptors (Lipinski definition) is 4. The Kier molecular flexibility index (Phi) is 4.94. The van der Waals surface area contributed by atoms with E-state index in [4.69, 9.17) is 5.11 Å². The molecule has 0 spiro atoms. The monoisotopic (exact) mass is 238 g/mol. The first-order valence-corrected chi connectivity index (χ1v) is 6.62. The first-order valence-electron chi connectivity index (χ1n) is 6.62. The predicted octanol–water partition coefficient (Wildman–Crippen LogP) is 0.908. The van der Waals surface area contributed by atoms with Crippen molar-refractivity contribution in [3.8, 4) is 0 Å². The van der Waals surface area contributed by atoms with Gasteiger partial charge in [-0.15, -0.1) is 5.10 Å². The molecule has 5 heteroatoms. The second-order valence-corrected chi connectivity index (χ2v) is 4.73. The molecule has 0 aromatic carbocycles. The minimum Gasteiger partial charge on any atom is -0.396 e. The van der Waals surface area contributed by atoms with Crippen LogP contribution in [0.2, 0.25) is 0 Å². The van der Waals surface area contributed by atoms with E-state index < -0.39 is 0 Å². The molecule has 1 unspecified atom stereocenters. The van der Waals surface area contributed by atoms with E-state index in [-0.39, 0.29) is 6.61 Å². The fraction of sp³-hybridized carbons (Fsp3) is 0.833. The average Bonchev–Trinajstić information content (AvgIpc) is 2.85. The van der Waals surface area contributed by atoms with E-state index in [1.165, 1.54) is 12.8 Å². The number of aromatic nitrogens is 3. The minimum atomic E-state index is 0.288. The van der Waals surface area contributed by atoms with Gasteiger partial charge in [0.1, 0.15) is 0 Å². The van der Waals surface area contributed by atoms with Gasteiger partial charge in [0, 0.05) is 31.8 Å². The third-order valence-electron chi connectivity index (χ3n) is 3.32. The van der Waals surface area contributed by atoms with Gasteiger partial charge in [0.2, 0.25) is 0 Å². The van der Waals surface area contributed by atoms with Crippen molar-refractivity contribution in [2.75, 3.05) is 19.7 Å². The number of unbranched alkanes of at least 4 members (excludes halogenated alkanes) is 2. The lowest BCUT2D eigenvalue weighted by atomic mass is 9.97. The van der Waals surface area contributed by atoms with Gasteiger partial charge >= 0.3 is 0 Å². The van der Waals surface area contributed by atoms with Gasteiger partial charge in [-0.05, 0) is 38.6 Å². The van der Waals surface area contributed by atoms with E-state index >= 15 is 0 Å². The molecular formula is C12H22N4O. The Balaban J connectivity index is 1.78. The molecule has 1 fully saturated rings. The van der Waals surface area contributed by atoms with Gasteiger partial charge in [-0.3, -0.25) is 4.68 Å². The number of nitrogens with one attached hydrogen (secondary N) is 1. The number of aryl methyl sites for hydroxylation is 1. The summed E-state index contributed by atoms with van der Waals surface area (Å²) in [5.74, 6) is 0.537. The molecule has 0 amide bonds. The van der Waals surface area contributed by atoms with Crippen LogP contribution in [0.25, 0.3) is 0 Å². The largest absolute Gasteiger partial charge is 0.396 e. The van der Waals surface area contributed by atoms with Crippen LogP contribution in [-0.4, -0.2) is 39.8 Å². The van der Waals surface area contributed by atoms with Crippen molar-refractivity contribution in [1.82, 2.24) is 20.3 Å². The molecule has 17 heavy (non-hydrogen) atoms. The van der Waals surface area contributed by atoms with Crippen LogP contribution in [0.1, 0.15) is 43.7 Å². The maximum Gasteiger partial charge on any atom is 0.0870 e. The summed E-state index contributed by atoms with van der Waals surface area (Å²) in [7, 11) is 0. The van der Waals surface area contributed by atoms with E-state index in [1.807, 2.05) is 4.68 Å². The molecule has 0 saturated carbocycles. The summed E-state index contributed by atoms with van der Waals surface area (Å²) >= 11 is 0. The molecule has 0 bridgehead atoms. The quantitative estimate of drug-likeness (QED) is 0.723. The molecule has 1 aromatic heterocycles. The highest BCUT2D eigenvalue weighted by atomic mass is 16.2. The SMILES string of the molecule is OCCCCCn1cc(C2CCCNC2)nn1. The molecule has 1 aromatic rings. The summed E-state index contributed by atoms with van der Waals surface area (Å²) in [6.07, 6.45) is 7.53. The lowest BCUT2D eigenvalue weighted by Gasteiger charge is -2.20. The van der Waals surface area contributed by atoms with E-state index in [9.17, 15) is 0 Å². The van der Waals surface area contributed by atoms with Gasteiger partial charge in [0.05, 0.1) is 5.69 Å². The third kappa shape index (κ3) is 3.78. The second-order valence-electron chi connectivity index (χ2n) is 4.73. The van der Waals surface area contributed by atoms with Gasteiger partial charge in [-0.1, -0.05) is 5.21 Å². The lowest BCUT2D eigenvalue weighted by Crippen LogP contribution is -2.28. The number of rotatable bonds is 6. The number of aliphatic hydroxyl groups is 1. The molecule has 5 nitrogen and oxygen atoms in total. The van der Waals surface area contributed by atoms with Crippen LogP contribution >= 0.6 is 0 Å². The second kappa shape index (κ2) is 6.71. The van der Waals surface area contributed by atoms with Gasteiger partial charge in [0.15, 0.2) is 0 Å². The molecular weight excluding hydrogens is 216 g/mol. The molecule has 0 aliphatic carbocycles. The molecule has 0 radical (unpaired) electrons. The van der Waals surface area contributed by atoms with Crippen LogP contribution < -0.4 is 5.32 Å². The fourth-order valence-corrected chi connectivity index (χ4v) is 2.28. The molecule has 2 rings (SSSR count). The van der Waals surface area contributed by atoms with Crippen molar-refractivity contribution in [1.29, 1.82) is 0 Å². The molecule has 1 aliphatic rings. The summed E-state index contributed by atoms with van der Waals surface area (Å²) in [6, 6.07) is 0. The zero-order valence-electron chi connectivity index (χ0n) is 10.3. The van der Waals surface area contributed by atoms with E-state index in [0.29, 0.717) is 5.92 Å². The molecule has 1 saturated heterocycles. The van der Waals surface area contributed by atoms with Crippen LogP contribution in [0.3, 0.4) is 0 Å². The van der Waals surface area contributed by atoms with Crippen LogP contribution in [0.4, 0.5) is 0 Å². The Bertz CT molecular complexity index is 320. The van der Waals surface area contributed by atoms with Gasteiger partial charge < -0.3 is 10.4 Å². The molecule has 2 heterocycles. The van der Waals surface area contributed by atoms with Crippen molar-refractivity contribution < 1.29 is 5.11 Å². The molecule has 1 aliphatic heterocycles. The fourth-order valence-electron chi connectivity index (χ4n) is 2.28. The number of hydrogen-bond donors (Lipinski definition) is 2. The van der Waals surface area contributed by atoms with Crippen molar-refractivity contribution in [2.45, 2.75) is 44.6 Å². The number of aliphatic hydroxyl groups excluding tert-OH is 1. The average molecular weight is 238 g/mol. The first kappa shape index (κ1) is 12.5. The molecule has 1 atom stereocenters. The Morgan fingerprint density at radius 1 is 1.41 bits per heavy atom. The van der Waals surface area contributed by atoms with Crippen LogP contribution in [0.5, 0.6) is 0 Å². The minimum absolute atomic E-state index is 0.288. The number of piperidine rings is 1. The van der Waals surface area contributed by atoms with E-state index in [1.54, 1.807) is 0 Å². The molecule has 2 N–H and O–H groups in total. The smallest absolute Gasteiger partial charge is 0.0870 e. The third-order valence-corrected chi connectivity index (χ3v) is 3.32. The van der Waals surface area contributed by atoms with E-state index in [2.05, 4.69) is 21.8 Å². The highest BCUT2D eigenvalue weighted by molar-refractivity contribution is 5.04. The van der Waals surface area contributed by atoms with E-state index in [0.717, 1.165) is 44.6 Å². The highest BCUT2D eigenvalue weighted by Crippen LogP contribution is 2.20. The zero-order valence-corrected chi connectivity index (χ0v) is 10.3. The normalized spacial score (nSPS) is 20.6. The summed E-state index contributed by atoms with van der Waals surface area (Å²) < 4.78 is 1.93. The van der Waals surface area contributed by atoms with Crippen LogP contribution in [-0.2, 0) is 6.54 Å². The topological polar surface area (TPSA) is 63.0 Å². The highest BCUT2D eigenvalue weighted by Gasteiger charge is 2.17. The Labute approximate surface area is 102 Å². The summed E-state index contributed by atoms with van der Waals surface area (Å²) in [5, 5.41) is 20.5. The van der Waals surface area contributed by atoms with Gasteiger partial charge in [-0.25, -0.2) is 0 Å². The predicted molar refractivity (Wildman–Crippen MR) is 65.8 cm³/mol. The van der Waals surface area contributed by atoms with Gasteiger partial charge in [0.25, 0.3) is 0 Å². The maximum atomic E-state index is 8.70. The standard InChI is InChI=1S/C12H22N4O/c17-8-3-1-2-7-16-10-12(14-15-16)11-5-4-6-13-9-11/h10-11,13,17H,1-9H2. The summed E-state index contributed by atoms with van der Waals surface area (Å²) in [4.78, 5) is 0. The Morgan fingerprint density at radius 3 is 3.12 bits per heavy atom. The number of nitrogens with zero attached hydrogens (tertiary/aromatic N) is 3. The van der Waals surface area contributed by atoms with Crippen LogP contribution in [0, 0.1) is 0 Å².